The highest BCUT2D eigenvalue weighted by Crippen LogP contribution is 2.33. The maximum absolute atomic E-state index is 10.9. The van der Waals surface area contributed by atoms with Crippen LogP contribution in [0.15, 0.2) is 17.2 Å². The van der Waals surface area contributed by atoms with E-state index in [0.29, 0.717) is 6.10 Å². The Kier molecular flexibility index (Phi) is 2.81. The molecule has 0 spiro atoms. The first-order valence-electron chi connectivity index (χ1n) is 4.71. The van der Waals surface area contributed by atoms with Gasteiger partial charge in [-0.05, 0) is 25.2 Å². The third kappa shape index (κ3) is 2.41. The number of ether oxygens (including phenoxy) is 1. The van der Waals surface area contributed by atoms with Crippen LogP contribution in [0.25, 0.3) is 0 Å². The van der Waals surface area contributed by atoms with E-state index < -0.39 is 5.91 Å². The molecule has 4 nitrogen and oxygen atoms in total. The topological polar surface area (TPSA) is 65.2 Å². The lowest BCUT2D eigenvalue weighted by Gasteiger charge is -2.08. The normalized spacial score (nSPS) is 15.0. The van der Waals surface area contributed by atoms with Crippen molar-refractivity contribution in [2.75, 3.05) is 6.26 Å². The molecule has 2 rings (SSSR count). The molecule has 1 saturated carbocycles. The molecule has 1 fully saturated rings. The quantitative estimate of drug-likeness (QED) is 0.786. The van der Waals surface area contributed by atoms with Crippen molar-refractivity contribution in [1.29, 1.82) is 0 Å². The van der Waals surface area contributed by atoms with E-state index in [0.717, 1.165) is 23.5 Å². The van der Waals surface area contributed by atoms with E-state index in [9.17, 15) is 4.79 Å². The van der Waals surface area contributed by atoms with E-state index >= 15 is 0 Å². The van der Waals surface area contributed by atoms with E-state index in [1.807, 2.05) is 6.26 Å². The molecule has 1 heterocycles. The van der Waals surface area contributed by atoms with Crippen molar-refractivity contribution in [2.24, 2.45) is 5.73 Å². The minimum absolute atomic E-state index is 0.280. The molecule has 1 aliphatic rings. The Morgan fingerprint density at radius 2 is 2.40 bits per heavy atom. The molecular weight excluding hydrogens is 212 g/mol. The summed E-state index contributed by atoms with van der Waals surface area (Å²) in [4.78, 5) is 15.8. The SMILES string of the molecule is CSc1cc(C(N)=O)ncc1OC1CC1. The van der Waals surface area contributed by atoms with Crippen LogP contribution in [0.1, 0.15) is 23.3 Å². The molecule has 1 aliphatic carbocycles. The number of hydrogen-bond acceptors (Lipinski definition) is 4. The summed E-state index contributed by atoms with van der Waals surface area (Å²) in [6.45, 7) is 0. The van der Waals surface area contributed by atoms with E-state index in [2.05, 4.69) is 4.98 Å². The number of aromatic nitrogens is 1. The first-order valence-corrected chi connectivity index (χ1v) is 5.93. The summed E-state index contributed by atoms with van der Waals surface area (Å²) in [5, 5.41) is 0. The van der Waals surface area contributed by atoms with Gasteiger partial charge in [-0.1, -0.05) is 0 Å². The Morgan fingerprint density at radius 1 is 1.67 bits per heavy atom. The van der Waals surface area contributed by atoms with Crippen LogP contribution in [0.5, 0.6) is 5.75 Å². The van der Waals surface area contributed by atoms with Crippen LogP contribution >= 0.6 is 11.8 Å². The third-order valence-electron chi connectivity index (χ3n) is 2.12. The van der Waals surface area contributed by atoms with Crippen LogP contribution in [-0.2, 0) is 0 Å². The molecule has 1 aromatic heterocycles. The highest BCUT2D eigenvalue weighted by molar-refractivity contribution is 7.98. The van der Waals surface area contributed by atoms with Gasteiger partial charge in [0.2, 0.25) is 0 Å². The monoisotopic (exact) mass is 224 g/mol. The second-order valence-corrected chi connectivity index (χ2v) is 4.25. The summed E-state index contributed by atoms with van der Waals surface area (Å²) in [6.07, 6.45) is 6.04. The van der Waals surface area contributed by atoms with Crippen LogP contribution in [0.4, 0.5) is 0 Å². The largest absolute Gasteiger partial charge is 0.488 e. The van der Waals surface area contributed by atoms with Crippen LogP contribution in [0.3, 0.4) is 0 Å². The van der Waals surface area contributed by atoms with E-state index in [-0.39, 0.29) is 5.69 Å². The number of rotatable bonds is 4. The van der Waals surface area contributed by atoms with Gasteiger partial charge in [0.1, 0.15) is 5.69 Å². The minimum Gasteiger partial charge on any atom is -0.488 e. The number of nitrogens with zero attached hydrogens (tertiary/aromatic N) is 1. The van der Waals surface area contributed by atoms with Gasteiger partial charge in [-0.25, -0.2) is 4.98 Å². The number of amides is 1. The van der Waals surface area contributed by atoms with Crippen LogP contribution in [0, 0.1) is 0 Å². The zero-order valence-electron chi connectivity index (χ0n) is 8.40. The first-order chi connectivity index (χ1) is 7.20. The number of thioether (sulfide) groups is 1. The third-order valence-corrected chi connectivity index (χ3v) is 2.88. The van der Waals surface area contributed by atoms with Crippen LogP contribution in [0.2, 0.25) is 0 Å². The lowest BCUT2D eigenvalue weighted by molar-refractivity contribution is 0.0995. The van der Waals surface area contributed by atoms with E-state index in [4.69, 9.17) is 10.5 Å². The van der Waals surface area contributed by atoms with Gasteiger partial charge in [-0.3, -0.25) is 4.79 Å². The molecular formula is C10H12N2O2S. The smallest absolute Gasteiger partial charge is 0.267 e. The summed E-state index contributed by atoms with van der Waals surface area (Å²) >= 11 is 1.52. The van der Waals surface area contributed by atoms with Gasteiger partial charge in [-0.15, -0.1) is 11.8 Å². The second-order valence-electron chi connectivity index (χ2n) is 3.40. The Morgan fingerprint density at radius 3 is 2.93 bits per heavy atom. The summed E-state index contributed by atoms with van der Waals surface area (Å²) in [5.74, 6) is 0.235. The predicted octanol–water partition coefficient (Wildman–Crippen LogP) is 1.44. The average Bonchev–Trinajstić information content (AvgIpc) is 3.02. The van der Waals surface area contributed by atoms with Gasteiger partial charge < -0.3 is 10.5 Å². The summed E-state index contributed by atoms with van der Waals surface area (Å²) in [5.41, 5.74) is 5.43. The highest BCUT2D eigenvalue weighted by Gasteiger charge is 2.24. The van der Waals surface area contributed by atoms with Crippen molar-refractivity contribution in [3.05, 3.63) is 18.0 Å². The Hall–Kier alpha value is -1.23. The number of hydrogen-bond donors (Lipinski definition) is 1. The average molecular weight is 224 g/mol. The van der Waals surface area contributed by atoms with Crippen LogP contribution < -0.4 is 10.5 Å². The second kappa shape index (κ2) is 4.10. The molecule has 0 aromatic carbocycles. The lowest BCUT2D eigenvalue weighted by atomic mass is 10.3. The molecule has 0 unspecified atom stereocenters. The van der Waals surface area contributed by atoms with Crippen molar-refractivity contribution >= 4 is 17.7 Å². The van der Waals surface area contributed by atoms with Crippen molar-refractivity contribution in [3.63, 3.8) is 0 Å². The van der Waals surface area contributed by atoms with Gasteiger partial charge in [0.15, 0.2) is 5.75 Å². The Labute approximate surface area is 92.2 Å². The number of carbonyl (C=O) groups excluding carboxylic acids is 1. The highest BCUT2D eigenvalue weighted by atomic mass is 32.2. The van der Waals surface area contributed by atoms with E-state index in [1.165, 1.54) is 11.8 Å². The van der Waals surface area contributed by atoms with Crippen molar-refractivity contribution in [2.45, 2.75) is 23.8 Å². The molecule has 2 N–H and O–H groups in total. The fourth-order valence-corrected chi connectivity index (χ4v) is 1.70. The maximum Gasteiger partial charge on any atom is 0.267 e. The zero-order valence-corrected chi connectivity index (χ0v) is 9.21. The van der Waals surface area contributed by atoms with Crippen molar-refractivity contribution < 1.29 is 9.53 Å². The lowest BCUT2D eigenvalue weighted by Crippen LogP contribution is -2.13. The standard InChI is InChI=1S/C10H12N2O2S/c1-15-9-4-7(10(11)13)12-5-8(9)14-6-2-3-6/h4-6H,2-3H2,1H3,(H2,11,13). The summed E-state index contributed by atoms with van der Waals surface area (Å²) in [7, 11) is 0. The number of nitrogens with two attached hydrogens (primary N) is 1. The molecule has 5 heteroatoms. The fraction of sp³-hybridized carbons (Fsp3) is 0.400. The molecule has 15 heavy (non-hydrogen) atoms. The Balaban J connectivity index is 2.25. The van der Waals surface area contributed by atoms with Gasteiger partial charge in [-0.2, -0.15) is 0 Å². The number of pyridine rings is 1. The number of carbonyl (C=O) groups is 1. The van der Waals surface area contributed by atoms with Crippen molar-refractivity contribution in [3.8, 4) is 5.75 Å². The minimum atomic E-state index is -0.511. The molecule has 0 radical (unpaired) electrons. The molecule has 1 aromatic rings. The molecule has 80 valence electrons. The number of primary amides is 1. The van der Waals surface area contributed by atoms with Gasteiger partial charge >= 0.3 is 0 Å². The van der Waals surface area contributed by atoms with Gasteiger partial charge in [0, 0.05) is 0 Å². The Bertz CT molecular complexity index is 391. The molecule has 0 atom stereocenters. The molecule has 0 saturated heterocycles. The fourth-order valence-electron chi connectivity index (χ4n) is 1.17. The summed E-state index contributed by atoms with van der Waals surface area (Å²) in [6, 6.07) is 1.67. The first kappa shape index (κ1) is 10.3. The van der Waals surface area contributed by atoms with Crippen molar-refractivity contribution in [1.82, 2.24) is 4.98 Å². The van der Waals surface area contributed by atoms with Gasteiger partial charge in [0.05, 0.1) is 17.2 Å². The van der Waals surface area contributed by atoms with E-state index in [1.54, 1.807) is 12.3 Å². The maximum atomic E-state index is 10.9. The molecule has 0 aliphatic heterocycles. The molecule has 1 amide bonds. The van der Waals surface area contributed by atoms with Crippen LogP contribution in [-0.4, -0.2) is 23.3 Å². The zero-order chi connectivity index (χ0) is 10.8. The molecule has 0 bridgehead atoms. The van der Waals surface area contributed by atoms with Gasteiger partial charge in [0.25, 0.3) is 5.91 Å². The predicted molar refractivity (Wildman–Crippen MR) is 58.2 cm³/mol. The summed E-state index contributed by atoms with van der Waals surface area (Å²) < 4.78 is 5.65.